The van der Waals surface area contributed by atoms with E-state index in [-0.39, 0.29) is 24.0 Å². The van der Waals surface area contributed by atoms with E-state index in [0.717, 1.165) is 16.7 Å². The van der Waals surface area contributed by atoms with E-state index in [4.69, 9.17) is 5.73 Å². The first-order valence-electron chi connectivity index (χ1n) is 8.91. The molecule has 1 fully saturated rings. The molecule has 5 heteroatoms. The van der Waals surface area contributed by atoms with Gasteiger partial charge in [-0.1, -0.05) is 61.7 Å². The number of halogens is 1. The molecule has 2 aromatic rings. The number of aliphatic imine (C=N–C) groups is 1. The average molecular weight is 460 g/mol. The van der Waals surface area contributed by atoms with E-state index < -0.39 is 0 Å². The minimum atomic E-state index is 0. The van der Waals surface area contributed by atoms with Crippen molar-refractivity contribution in [2.24, 2.45) is 10.7 Å². The lowest BCUT2D eigenvalue weighted by atomic mass is 9.96. The fourth-order valence-corrected chi connectivity index (χ4v) is 3.30. The number of hydrogen-bond acceptors (Lipinski definition) is 2. The Hall–Kier alpha value is -2.07. The van der Waals surface area contributed by atoms with Gasteiger partial charge >= 0.3 is 0 Å². The first-order chi connectivity index (χ1) is 12.3. The predicted octanol–water partition coefficient (Wildman–Crippen LogP) is 4.58. The molecule has 0 amide bonds. The fraction of sp³-hybridized carbons (Fsp3) is 0.333. The van der Waals surface area contributed by atoms with Gasteiger partial charge in [0.1, 0.15) is 0 Å². The maximum atomic E-state index is 9.23. The molecule has 2 aromatic carbocycles. The number of nitrogens with one attached hydrogen (secondary N) is 1. The topological polar surface area (TPSA) is 74.2 Å². The highest BCUT2D eigenvalue weighted by Crippen LogP contribution is 2.23. The highest BCUT2D eigenvalue weighted by atomic mass is 127. The molecule has 136 valence electrons. The molecule has 0 aromatic heterocycles. The lowest BCUT2D eigenvalue weighted by molar-refractivity contribution is 0.412. The Balaban J connectivity index is 0.00000243. The summed E-state index contributed by atoms with van der Waals surface area (Å²) in [5.41, 5.74) is 9.80. The summed E-state index contributed by atoms with van der Waals surface area (Å²) in [6, 6.07) is 18.5. The molecule has 4 nitrogen and oxygen atoms in total. The second kappa shape index (κ2) is 10.2. The van der Waals surface area contributed by atoms with Crippen molar-refractivity contribution in [3.63, 3.8) is 0 Å². The summed E-state index contributed by atoms with van der Waals surface area (Å²) in [6.45, 7) is 0.561. The van der Waals surface area contributed by atoms with Crippen LogP contribution >= 0.6 is 24.0 Å². The van der Waals surface area contributed by atoms with Crippen molar-refractivity contribution in [1.82, 2.24) is 5.32 Å². The number of rotatable bonds is 4. The van der Waals surface area contributed by atoms with Gasteiger partial charge in [0.05, 0.1) is 18.2 Å². The largest absolute Gasteiger partial charge is 0.370 e. The molecule has 1 aliphatic carbocycles. The highest BCUT2D eigenvalue weighted by molar-refractivity contribution is 14.0. The lowest BCUT2D eigenvalue weighted by Gasteiger charge is -2.23. The van der Waals surface area contributed by atoms with Gasteiger partial charge in [0.15, 0.2) is 5.96 Å². The summed E-state index contributed by atoms with van der Waals surface area (Å²) in [6.07, 6.45) is 6.25. The van der Waals surface area contributed by atoms with Crippen molar-refractivity contribution in [2.75, 3.05) is 0 Å². The normalized spacial score (nSPS) is 15.0. The fourth-order valence-electron chi connectivity index (χ4n) is 3.30. The van der Waals surface area contributed by atoms with Gasteiger partial charge in [0.25, 0.3) is 0 Å². The number of hydrogen-bond donors (Lipinski definition) is 2. The summed E-state index contributed by atoms with van der Waals surface area (Å²) < 4.78 is 0. The average Bonchev–Trinajstić information content (AvgIpc) is 2.67. The molecule has 0 heterocycles. The molecule has 3 N–H and O–H groups in total. The predicted molar refractivity (Wildman–Crippen MR) is 117 cm³/mol. The zero-order valence-corrected chi connectivity index (χ0v) is 17.1. The minimum Gasteiger partial charge on any atom is -0.370 e. The smallest absolute Gasteiger partial charge is 0.189 e. The third-order valence-corrected chi connectivity index (χ3v) is 4.70. The summed E-state index contributed by atoms with van der Waals surface area (Å²) in [7, 11) is 0. The first kappa shape index (κ1) is 20.2. The lowest BCUT2D eigenvalue weighted by Crippen LogP contribution is -2.41. The Bertz CT molecular complexity index is 771. The van der Waals surface area contributed by atoms with Crippen molar-refractivity contribution < 1.29 is 0 Å². The summed E-state index contributed by atoms with van der Waals surface area (Å²) in [5.74, 6) is 0.533. The van der Waals surface area contributed by atoms with Crippen LogP contribution in [0.3, 0.4) is 0 Å². The zero-order chi connectivity index (χ0) is 17.5. The molecule has 0 aliphatic heterocycles. The van der Waals surface area contributed by atoms with E-state index in [2.05, 4.69) is 16.4 Å². The van der Waals surface area contributed by atoms with Gasteiger partial charge < -0.3 is 11.1 Å². The van der Waals surface area contributed by atoms with E-state index in [1.54, 1.807) is 0 Å². The summed E-state index contributed by atoms with van der Waals surface area (Å²) in [5, 5.41) is 12.6. The van der Waals surface area contributed by atoms with Crippen LogP contribution in [0.25, 0.3) is 11.1 Å². The molecule has 0 unspecified atom stereocenters. The van der Waals surface area contributed by atoms with E-state index in [9.17, 15) is 5.26 Å². The van der Waals surface area contributed by atoms with Crippen LogP contribution in [0.4, 0.5) is 0 Å². The van der Waals surface area contributed by atoms with Gasteiger partial charge in [-0.2, -0.15) is 5.26 Å². The molecule has 0 bridgehead atoms. The Morgan fingerprint density at radius 3 is 2.46 bits per heavy atom. The van der Waals surface area contributed by atoms with Crippen LogP contribution in [0.5, 0.6) is 0 Å². The van der Waals surface area contributed by atoms with Crippen LogP contribution in [-0.4, -0.2) is 12.0 Å². The maximum Gasteiger partial charge on any atom is 0.189 e. The molecule has 1 saturated carbocycles. The SMILES string of the molecule is I.N#Cc1ccccc1-c1ccc(CN=C(N)NC2CCCCC2)cc1. The quantitative estimate of drug-likeness (QED) is 0.399. The third-order valence-electron chi connectivity index (χ3n) is 4.70. The van der Waals surface area contributed by atoms with Crippen LogP contribution < -0.4 is 11.1 Å². The molecular formula is C21H25IN4. The van der Waals surface area contributed by atoms with E-state index in [1.807, 2.05) is 48.5 Å². The van der Waals surface area contributed by atoms with Gasteiger partial charge in [0, 0.05) is 6.04 Å². The Labute approximate surface area is 172 Å². The van der Waals surface area contributed by atoms with E-state index >= 15 is 0 Å². The molecule has 0 atom stereocenters. The molecule has 26 heavy (non-hydrogen) atoms. The molecule has 3 rings (SSSR count). The highest BCUT2D eigenvalue weighted by Gasteiger charge is 2.13. The van der Waals surface area contributed by atoms with E-state index in [0.29, 0.717) is 24.1 Å². The van der Waals surface area contributed by atoms with Crippen molar-refractivity contribution in [3.05, 3.63) is 59.7 Å². The van der Waals surface area contributed by atoms with Gasteiger partial charge in [-0.25, -0.2) is 4.99 Å². The monoisotopic (exact) mass is 460 g/mol. The van der Waals surface area contributed by atoms with Crippen molar-refractivity contribution in [3.8, 4) is 17.2 Å². The number of guanidine groups is 1. The number of benzene rings is 2. The van der Waals surface area contributed by atoms with Gasteiger partial charge in [-0.05, 0) is 35.6 Å². The van der Waals surface area contributed by atoms with E-state index in [1.165, 1.54) is 32.1 Å². The van der Waals surface area contributed by atoms with Crippen LogP contribution in [0, 0.1) is 11.3 Å². The van der Waals surface area contributed by atoms with Crippen molar-refractivity contribution in [2.45, 2.75) is 44.7 Å². The van der Waals surface area contributed by atoms with Gasteiger partial charge in [0.2, 0.25) is 0 Å². The van der Waals surface area contributed by atoms with Gasteiger partial charge in [-0.3, -0.25) is 0 Å². The number of nitrogens with two attached hydrogens (primary N) is 1. The Morgan fingerprint density at radius 1 is 1.08 bits per heavy atom. The molecular weight excluding hydrogens is 435 g/mol. The van der Waals surface area contributed by atoms with Crippen LogP contribution in [-0.2, 0) is 6.54 Å². The Morgan fingerprint density at radius 2 is 1.77 bits per heavy atom. The summed E-state index contributed by atoms with van der Waals surface area (Å²) >= 11 is 0. The van der Waals surface area contributed by atoms with Crippen molar-refractivity contribution >= 4 is 29.9 Å². The van der Waals surface area contributed by atoms with Crippen LogP contribution in [0.2, 0.25) is 0 Å². The zero-order valence-electron chi connectivity index (χ0n) is 14.8. The number of nitriles is 1. The van der Waals surface area contributed by atoms with Crippen LogP contribution in [0.1, 0.15) is 43.2 Å². The molecule has 0 radical (unpaired) electrons. The molecule has 1 aliphatic rings. The third kappa shape index (κ3) is 5.46. The Kier molecular flexibility index (Phi) is 7.92. The first-order valence-corrected chi connectivity index (χ1v) is 8.91. The second-order valence-corrected chi connectivity index (χ2v) is 6.54. The summed E-state index contributed by atoms with van der Waals surface area (Å²) in [4.78, 5) is 4.46. The molecule has 0 saturated heterocycles. The second-order valence-electron chi connectivity index (χ2n) is 6.54. The standard InChI is InChI=1S/C21H24N4.HI/c22-14-18-6-4-5-9-20(18)17-12-10-16(11-13-17)15-24-21(23)25-19-7-2-1-3-8-19;/h4-6,9-13,19H,1-3,7-8,15H2,(H3,23,24,25);1H. The van der Waals surface area contributed by atoms with Crippen molar-refractivity contribution in [1.29, 1.82) is 5.26 Å². The minimum absolute atomic E-state index is 0. The number of nitrogens with zero attached hydrogens (tertiary/aromatic N) is 2. The molecule has 0 spiro atoms. The van der Waals surface area contributed by atoms with Crippen LogP contribution in [0.15, 0.2) is 53.5 Å². The van der Waals surface area contributed by atoms with Gasteiger partial charge in [-0.15, -0.1) is 24.0 Å². The maximum absolute atomic E-state index is 9.23.